The maximum absolute atomic E-state index is 12.5. The number of anilines is 2. The highest BCUT2D eigenvalue weighted by Crippen LogP contribution is 2.32. The van der Waals surface area contributed by atoms with Gasteiger partial charge in [-0.15, -0.1) is 0 Å². The van der Waals surface area contributed by atoms with E-state index >= 15 is 0 Å². The van der Waals surface area contributed by atoms with Crippen molar-refractivity contribution in [2.24, 2.45) is 0 Å². The Hall–Kier alpha value is -2.85. The molecule has 3 aromatic rings. The lowest BCUT2D eigenvalue weighted by Crippen LogP contribution is -2.43. The lowest BCUT2D eigenvalue weighted by Gasteiger charge is -2.30. The Balaban J connectivity index is 1.70. The van der Waals surface area contributed by atoms with Gasteiger partial charge < -0.3 is 15.5 Å². The number of carbonyl (C=O) groups excluding carboxylic acids is 1. The Bertz CT molecular complexity index is 886. The third kappa shape index (κ3) is 3.21. The highest BCUT2D eigenvalue weighted by molar-refractivity contribution is 6.11. The van der Waals surface area contributed by atoms with Gasteiger partial charge in [0.1, 0.15) is 0 Å². The molecule has 4 nitrogen and oxygen atoms in total. The second kappa shape index (κ2) is 6.95. The maximum Gasteiger partial charge on any atom is 0.255 e. The first-order chi connectivity index (χ1) is 12.3. The van der Waals surface area contributed by atoms with Crippen LogP contribution in [0, 0.1) is 0 Å². The van der Waals surface area contributed by atoms with Crippen LogP contribution in [-0.4, -0.2) is 32.1 Å². The molecule has 0 aliphatic carbocycles. The van der Waals surface area contributed by atoms with Crippen LogP contribution in [0.2, 0.25) is 0 Å². The first-order valence-corrected chi connectivity index (χ1v) is 8.67. The summed E-state index contributed by atoms with van der Waals surface area (Å²) >= 11 is 0. The Morgan fingerprint density at radius 2 is 1.52 bits per heavy atom. The number of hydrogen-bond acceptors (Lipinski definition) is 3. The molecule has 0 bridgehead atoms. The number of fused-ring (bicyclic) bond motifs is 1. The van der Waals surface area contributed by atoms with E-state index in [-0.39, 0.29) is 5.91 Å². The van der Waals surface area contributed by atoms with Crippen molar-refractivity contribution in [1.82, 2.24) is 5.32 Å². The molecule has 0 atom stereocenters. The Kier molecular flexibility index (Phi) is 4.36. The van der Waals surface area contributed by atoms with Crippen LogP contribution in [0.1, 0.15) is 10.4 Å². The van der Waals surface area contributed by atoms with E-state index in [0.29, 0.717) is 5.56 Å². The van der Waals surface area contributed by atoms with Crippen LogP contribution in [-0.2, 0) is 0 Å². The molecule has 4 heteroatoms. The van der Waals surface area contributed by atoms with E-state index in [2.05, 4.69) is 39.8 Å². The van der Waals surface area contributed by atoms with Gasteiger partial charge in [-0.2, -0.15) is 0 Å². The number of hydrogen-bond donors (Lipinski definition) is 2. The van der Waals surface area contributed by atoms with E-state index in [1.165, 1.54) is 11.1 Å². The van der Waals surface area contributed by atoms with Gasteiger partial charge in [0.25, 0.3) is 5.91 Å². The second-order valence-corrected chi connectivity index (χ2v) is 6.24. The fraction of sp³-hybridized carbons (Fsp3) is 0.190. The van der Waals surface area contributed by atoms with Crippen molar-refractivity contribution in [3.8, 4) is 0 Å². The van der Waals surface area contributed by atoms with Crippen molar-refractivity contribution in [2.45, 2.75) is 0 Å². The average molecular weight is 331 g/mol. The number of carbonyl (C=O) groups is 1. The van der Waals surface area contributed by atoms with Gasteiger partial charge in [0, 0.05) is 53.9 Å². The normalized spacial score (nSPS) is 14.5. The molecule has 3 aromatic carbocycles. The Morgan fingerprint density at radius 3 is 2.28 bits per heavy atom. The van der Waals surface area contributed by atoms with Gasteiger partial charge in [0.15, 0.2) is 0 Å². The standard InChI is InChI=1S/C21H21N3O/c25-21(16-6-2-1-3-7-16)23-19-10-11-20(24-14-12-22-13-15-24)18-9-5-4-8-17(18)19/h1-11,22H,12-15H2,(H,23,25). The summed E-state index contributed by atoms with van der Waals surface area (Å²) in [6.45, 7) is 4.00. The van der Waals surface area contributed by atoms with E-state index < -0.39 is 0 Å². The summed E-state index contributed by atoms with van der Waals surface area (Å²) < 4.78 is 0. The Labute approximate surface area is 147 Å². The summed E-state index contributed by atoms with van der Waals surface area (Å²) in [5, 5.41) is 8.70. The minimum atomic E-state index is -0.0827. The largest absolute Gasteiger partial charge is 0.368 e. The molecule has 126 valence electrons. The molecule has 1 aliphatic rings. The molecule has 0 aromatic heterocycles. The van der Waals surface area contributed by atoms with Crippen molar-refractivity contribution in [2.75, 3.05) is 36.4 Å². The van der Waals surface area contributed by atoms with E-state index in [0.717, 1.165) is 37.3 Å². The molecule has 2 N–H and O–H groups in total. The van der Waals surface area contributed by atoms with Crippen LogP contribution >= 0.6 is 0 Å². The summed E-state index contributed by atoms with van der Waals surface area (Å²) in [5.41, 5.74) is 2.75. The van der Waals surface area contributed by atoms with Crippen LogP contribution in [0.4, 0.5) is 11.4 Å². The molecule has 1 amide bonds. The minimum absolute atomic E-state index is 0.0827. The molecule has 4 rings (SSSR count). The molecule has 0 radical (unpaired) electrons. The highest BCUT2D eigenvalue weighted by Gasteiger charge is 2.15. The summed E-state index contributed by atoms with van der Waals surface area (Å²) in [4.78, 5) is 14.9. The summed E-state index contributed by atoms with van der Waals surface area (Å²) in [6, 6.07) is 21.7. The van der Waals surface area contributed by atoms with Gasteiger partial charge >= 0.3 is 0 Å². The quantitative estimate of drug-likeness (QED) is 0.772. The van der Waals surface area contributed by atoms with E-state index in [1.807, 2.05) is 42.5 Å². The number of rotatable bonds is 3. The molecule has 0 spiro atoms. The third-order valence-corrected chi connectivity index (χ3v) is 4.64. The predicted octanol–water partition coefficient (Wildman–Crippen LogP) is 3.50. The smallest absolute Gasteiger partial charge is 0.255 e. The van der Waals surface area contributed by atoms with E-state index in [4.69, 9.17) is 0 Å². The monoisotopic (exact) mass is 331 g/mol. The molecule has 1 heterocycles. The first-order valence-electron chi connectivity index (χ1n) is 8.67. The van der Waals surface area contributed by atoms with Crippen LogP contribution in [0.5, 0.6) is 0 Å². The topological polar surface area (TPSA) is 44.4 Å². The SMILES string of the molecule is O=C(Nc1ccc(N2CCNCC2)c2ccccc12)c1ccccc1. The fourth-order valence-corrected chi connectivity index (χ4v) is 3.36. The second-order valence-electron chi connectivity index (χ2n) is 6.24. The predicted molar refractivity (Wildman–Crippen MR) is 103 cm³/mol. The molecule has 1 fully saturated rings. The number of amides is 1. The number of nitrogens with one attached hydrogen (secondary N) is 2. The van der Waals surface area contributed by atoms with E-state index in [9.17, 15) is 4.79 Å². The summed E-state index contributed by atoms with van der Waals surface area (Å²) in [5.74, 6) is -0.0827. The van der Waals surface area contributed by atoms with Gasteiger partial charge in [0.05, 0.1) is 0 Å². The van der Waals surface area contributed by atoms with Crippen molar-refractivity contribution in [1.29, 1.82) is 0 Å². The van der Waals surface area contributed by atoms with Crippen molar-refractivity contribution in [3.63, 3.8) is 0 Å². The molecular weight excluding hydrogens is 310 g/mol. The number of piperazine rings is 1. The van der Waals surface area contributed by atoms with Crippen LogP contribution < -0.4 is 15.5 Å². The number of benzene rings is 3. The first kappa shape index (κ1) is 15.7. The summed E-state index contributed by atoms with van der Waals surface area (Å²) in [6.07, 6.45) is 0. The lowest BCUT2D eigenvalue weighted by atomic mass is 10.0. The minimum Gasteiger partial charge on any atom is -0.368 e. The average Bonchev–Trinajstić information content (AvgIpc) is 2.69. The van der Waals surface area contributed by atoms with Crippen molar-refractivity contribution >= 4 is 28.1 Å². The van der Waals surface area contributed by atoms with Gasteiger partial charge in [-0.1, -0.05) is 42.5 Å². The third-order valence-electron chi connectivity index (χ3n) is 4.64. The molecular formula is C21H21N3O. The molecule has 0 saturated carbocycles. The fourth-order valence-electron chi connectivity index (χ4n) is 3.36. The van der Waals surface area contributed by atoms with Crippen molar-refractivity contribution in [3.05, 3.63) is 72.3 Å². The van der Waals surface area contributed by atoms with Gasteiger partial charge in [-0.25, -0.2) is 0 Å². The zero-order chi connectivity index (χ0) is 17.1. The molecule has 25 heavy (non-hydrogen) atoms. The molecule has 1 aliphatic heterocycles. The molecule has 0 unspecified atom stereocenters. The van der Waals surface area contributed by atoms with Gasteiger partial charge in [0.2, 0.25) is 0 Å². The summed E-state index contributed by atoms with van der Waals surface area (Å²) in [7, 11) is 0. The highest BCUT2D eigenvalue weighted by atomic mass is 16.1. The van der Waals surface area contributed by atoms with Crippen LogP contribution in [0.15, 0.2) is 66.7 Å². The molecule has 1 saturated heterocycles. The van der Waals surface area contributed by atoms with Gasteiger partial charge in [-0.3, -0.25) is 4.79 Å². The van der Waals surface area contributed by atoms with E-state index in [1.54, 1.807) is 0 Å². The van der Waals surface area contributed by atoms with Gasteiger partial charge in [-0.05, 0) is 24.3 Å². The maximum atomic E-state index is 12.5. The number of nitrogens with zero attached hydrogens (tertiary/aromatic N) is 1. The lowest BCUT2D eigenvalue weighted by molar-refractivity contribution is 0.102. The Morgan fingerprint density at radius 1 is 0.840 bits per heavy atom. The zero-order valence-electron chi connectivity index (χ0n) is 14.0. The van der Waals surface area contributed by atoms with Crippen LogP contribution in [0.25, 0.3) is 10.8 Å². The van der Waals surface area contributed by atoms with Crippen LogP contribution in [0.3, 0.4) is 0 Å². The van der Waals surface area contributed by atoms with Crippen molar-refractivity contribution < 1.29 is 4.79 Å². The zero-order valence-corrected chi connectivity index (χ0v) is 14.0.